The van der Waals surface area contributed by atoms with Crippen molar-refractivity contribution in [2.75, 3.05) is 19.8 Å². The Hall–Kier alpha value is -0.730. The fourth-order valence-corrected chi connectivity index (χ4v) is 1.94. The molecular weight excluding hydrogens is 226 g/mol. The zero-order valence-electron chi connectivity index (χ0n) is 11.9. The Morgan fingerprint density at radius 2 is 1.39 bits per heavy atom. The summed E-state index contributed by atoms with van der Waals surface area (Å²) in [6, 6.07) is 0. The van der Waals surface area contributed by atoms with Crippen molar-refractivity contribution in [1.29, 1.82) is 0 Å². The molecule has 0 aliphatic heterocycles. The van der Waals surface area contributed by atoms with Crippen molar-refractivity contribution in [2.24, 2.45) is 5.11 Å². The van der Waals surface area contributed by atoms with E-state index in [0.29, 0.717) is 13.2 Å². The molecule has 0 rings (SSSR count). The van der Waals surface area contributed by atoms with Crippen LogP contribution in [0.4, 0.5) is 0 Å². The Bertz CT molecular complexity index is 203. The molecule has 0 N–H and O–H groups in total. The Balaban J connectivity index is 2.92. The van der Waals surface area contributed by atoms with E-state index in [1.54, 1.807) is 0 Å². The van der Waals surface area contributed by atoms with Gasteiger partial charge in [0, 0.05) is 18.1 Å². The smallest absolute Gasteiger partial charge is 0.0522 e. The van der Waals surface area contributed by atoms with Crippen LogP contribution in [0.3, 0.4) is 0 Å². The van der Waals surface area contributed by atoms with Crippen LogP contribution in [-0.4, -0.2) is 19.8 Å². The molecule has 0 aromatic carbocycles. The maximum Gasteiger partial charge on any atom is 0.0522 e. The number of unbranched alkanes of at least 4 members (excludes halogenated alkanes) is 9. The average Bonchev–Trinajstić information content (AvgIpc) is 2.39. The van der Waals surface area contributed by atoms with Gasteiger partial charge in [-0.05, 0) is 12.0 Å². The van der Waals surface area contributed by atoms with Gasteiger partial charge >= 0.3 is 0 Å². The van der Waals surface area contributed by atoms with E-state index in [1.165, 1.54) is 57.8 Å². The molecular formula is C14H29N3O. The van der Waals surface area contributed by atoms with Crippen LogP contribution in [0.25, 0.3) is 10.4 Å². The van der Waals surface area contributed by atoms with Gasteiger partial charge < -0.3 is 4.74 Å². The summed E-state index contributed by atoms with van der Waals surface area (Å²) in [5.74, 6) is 0. The highest BCUT2D eigenvalue weighted by Gasteiger charge is 1.93. The second-order valence-corrected chi connectivity index (χ2v) is 4.75. The van der Waals surface area contributed by atoms with Gasteiger partial charge in [-0.1, -0.05) is 69.8 Å². The summed E-state index contributed by atoms with van der Waals surface area (Å²) in [7, 11) is 0. The monoisotopic (exact) mass is 255 g/mol. The van der Waals surface area contributed by atoms with E-state index in [4.69, 9.17) is 10.3 Å². The first kappa shape index (κ1) is 17.3. The first-order valence-corrected chi connectivity index (χ1v) is 7.50. The number of hydrogen-bond donors (Lipinski definition) is 0. The lowest BCUT2D eigenvalue weighted by molar-refractivity contribution is 0.137. The molecule has 0 saturated heterocycles. The lowest BCUT2D eigenvalue weighted by atomic mass is 10.1. The third-order valence-electron chi connectivity index (χ3n) is 3.04. The fourth-order valence-electron chi connectivity index (χ4n) is 1.94. The molecule has 0 spiro atoms. The van der Waals surface area contributed by atoms with Crippen molar-refractivity contribution >= 4 is 0 Å². The summed E-state index contributed by atoms with van der Waals surface area (Å²) in [5, 5.41) is 3.42. The maximum absolute atomic E-state index is 8.06. The van der Waals surface area contributed by atoms with E-state index in [0.717, 1.165) is 13.0 Å². The van der Waals surface area contributed by atoms with Crippen molar-refractivity contribution in [3.63, 3.8) is 0 Å². The lowest BCUT2D eigenvalue weighted by Gasteiger charge is -2.03. The normalized spacial score (nSPS) is 10.3. The third-order valence-corrected chi connectivity index (χ3v) is 3.04. The van der Waals surface area contributed by atoms with Crippen molar-refractivity contribution < 1.29 is 4.74 Å². The van der Waals surface area contributed by atoms with Gasteiger partial charge in [0.05, 0.1) is 6.61 Å². The molecule has 0 heterocycles. The minimum Gasteiger partial charge on any atom is -0.381 e. The highest BCUT2D eigenvalue weighted by Crippen LogP contribution is 2.10. The summed E-state index contributed by atoms with van der Waals surface area (Å²) < 4.78 is 5.34. The minimum atomic E-state index is 0.453. The number of azide groups is 1. The summed E-state index contributed by atoms with van der Waals surface area (Å²) in [6.45, 7) is 4.07. The van der Waals surface area contributed by atoms with E-state index in [2.05, 4.69) is 16.9 Å². The van der Waals surface area contributed by atoms with E-state index in [-0.39, 0.29) is 0 Å². The average molecular weight is 255 g/mol. The fraction of sp³-hybridized carbons (Fsp3) is 1.00. The van der Waals surface area contributed by atoms with Gasteiger partial charge in [0.2, 0.25) is 0 Å². The Labute approximate surface area is 112 Å². The van der Waals surface area contributed by atoms with E-state index in [9.17, 15) is 0 Å². The molecule has 0 amide bonds. The SMILES string of the molecule is CCCCCCCCCCCCOCCN=[N+]=[N-]. The molecule has 0 radical (unpaired) electrons. The number of hydrogen-bond acceptors (Lipinski definition) is 2. The van der Waals surface area contributed by atoms with Gasteiger partial charge in [0.15, 0.2) is 0 Å². The van der Waals surface area contributed by atoms with Gasteiger partial charge in [-0.3, -0.25) is 0 Å². The van der Waals surface area contributed by atoms with Crippen molar-refractivity contribution in [3.05, 3.63) is 10.4 Å². The highest BCUT2D eigenvalue weighted by atomic mass is 16.5. The van der Waals surface area contributed by atoms with Crippen LogP contribution in [0.1, 0.15) is 71.1 Å². The summed E-state index contributed by atoms with van der Waals surface area (Å²) in [4.78, 5) is 2.67. The van der Waals surface area contributed by atoms with Gasteiger partial charge in [0.25, 0.3) is 0 Å². The summed E-state index contributed by atoms with van der Waals surface area (Å²) in [5.41, 5.74) is 8.06. The molecule has 106 valence electrons. The molecule has 0 bridgehead atoms. The standard InChI is InChI=1S/C14H29N3O/c1-2-3-4-5-6-7-8-9-10-11-13-18-14-12-16-17-15/h2-14H2,1H3. The molecule has 18 heavy (non-hydrogen) atoms. The quantitative estimate of drug-likeness (QED) is 0.181. The van der Waals surface area contributed by atoms with Crippen LogP contribution in [0.15, 0.2) is 5.11 Å². The number of rotatable bonds is 14. The first-order valence-electron chi connectivity index (χ1n) is 7.50. The van der Waals surface area contributed by atoms with Crippen LogP contribution in [0.5, 0.6) is 0 Å². The van der Waals surface area contributed by atoms with Gasteiger partial charge in [-0.2, -0.15) is 0 Å². The molecule has 0 unspecified atom stereocenters. The first-order chi connectivity index (χ1) is 8.91. The second-order valence-electron chi connectivity index (χ2n) is 4.75. The predicted molar refractivity (Wildman–Crippen MR) is 76.7 cm³/mol. The Morgan fingerprint density at radius 1 is 0.833 bits per heavy atom. The van der Waals surface area contributed by atoms with Crippen LogP contribution >= 0.6 is 0 Å². The predicted octanol–water partition coefficient (Wildman–Crippen LogP) is 5.23. The third kappa shape index (κ3) is 15.3. The highest BCUT2D eigenvalue weighted by molar-refractivity contribution is 4.48. The maximum atomic E-state index is 8.06. The molecule has 0 fully saturated rings. The van der Waals surface area contributed by atoms with Crippen LogP contribution in [-0.2, 0) is 4.74 Å². The Kier molecular flexibility index (Phi) is 15.6. The van der Waals surface area contributed by atoms with E-state index in [1.807, 2.05) is 0 Å². The van der Waals surface area contributed by atoms with Gasteiger partial charge in [-0.15, -0.1) is 0 Å². The number of nitrogens with zero attached hydrogens (tertiary/aromatic N) is 3. The Morgan fingerprint density at radius 3 is 1.94 bits per heavy atom. The molecule has 0 aliphatic rings. The molecule has 4 nitrogen and oxygen atoms in total. The van der Waals surface area contributed by atoms with E-state index >= 15 is 0 Å². The molecule has 0 aromatic heterocycles. The van der Waals surface area contributed by atoms with Crippen LogP contribution < -0.4 is 0 Å². The largest absolute Gasteiger partial charge is 0.381 e. The minimum absolute atomic E-state index is 0.453. The van der Waals surface area contributed by atoms with Crippen molar-refractivity contribution in [1.82, 2.24) is 0 Å². The molecule has 4 heteroatoms. The van der Waals surface area contributed by atoms with E-state index < -0.39 is 0 Å². The van der Waals surface area contributed by atoms with Gasteiger partial charge in [-0.25, -0.2) is 0 Å². The zero-order valence-corrected chi connectivity index (χ0v) is 11.9. The van der Waals surface area contributed by atoms with Crippen LogP contribution in [0.2, 0.25) is 0 Å². The molecule has 0 saturated carbocycles. The summed E-state index contributed by atoms with van der Waals surface area (Å²) in [6.07, 6.45) is 13.4. The number of ether oxygens (including phenoxy) is 1. The molecule has 0 atom stereocenters. The molecule has 0 aliphatic carbocycles. The van der Waals surface area contributed by atoms with Crippen LogP contribution in [0, 0.1) is 0 Å². The second kappa shape index (κ2) is 16.3. The van der Waals surface area contributed by atoms with Crippen molar-refractivity contribution in [2.45, 2.75) is 71.1 Å². The van der Waals surface area contributed by atoms with Crippen molar-refractivity contribution in [3.8, 4) is 0 Å². The molecule has 0 aromatic rings. The summed E-state index contributed by atoms with van der Waals surface area (Å²) >= 11 is 0. The topological polar surface area (TPSA) is 58.0 Å². The van der Waals surface area contributed by atoms with Gasteiger partial charge in [0.1, 0.15) is 0 Å². The lowest BCUT2D eigenvalue weighted by Crippen LogP contribution is -1.99. The zero-order chi connectivity index (χ0) is 13.3.